The average molecular weight is 212 g/mol. The van der Waals surface area contributed by atoms with Gasteiger partial charge in [0.1, 0.15) is 11.5 Å². The van der Waals surface area contributed by atoms with E-state index in [-0.39, 0.29) is 11.7 Å². The lowest BCUT2D eigenvalue weighted by Crippen LogP contribution is -1.95. The highest BCUT2D eigenvalue weighted by Crippen LogP contribution is 2.14. The number of aromatic hydroxyl groups is 1. The van der Waals surface area contributed by atoms with Crippen molar-refractivity contribution in [2.75, 3.05) is 13.7 Å². The second-order valence-corrected chi connectivity index (χ2v) is 2.62. The molecule has 0 unspecified atom stereocenters. The lowest BCUT2D eigenvalue weighted by Gasteiger charge is -1.96. The van der Waals surface area contributed by atoms with Gasteiger partial charge in [0.15, 0.2) is 0 Å². The largest absolute Gasteiger partial charge is 0.508 e. The molecule has 0 aliphatic rings. The maximum atomic E-state index is 9.82. The van der Waals surface area contributed by atoms with Gasteiger partial charge in [0.25, 0.3) is 0 Å². The summed E-state index contributed by atoms with van der Waals surface area (Å²) in [5.74, 6) is 0.807. The molecule has 15 heavy (non-hydrogen) atoms. The Morgan fingerprint density at radius 3 is 2.13 bits per heavy atom. The Labute approximate surface area is 89.4 Å². The normalized spacial score (nSPS) is 8.47. The molecule has 0 bridgehead atoms. The van der Waals surface area contributed by atoms with Crippen LogP contribution in [0, 0.1) is 0 Å². The van der Waals surface area contributed by atoms with Crippen LogP contribution < -0.4 is 4.74 Å². The Balaban J connectivity index is 0.000000288. The SMILES string of the molecule is CCOC(C)=O.COc1ccc(O)cc1. The Hall–Kier alpha value is -1.71. The summed E-state index contributed by atoms with van der Waals surface area (Å²) in [6, 6.07) is 6.57. The van der Waals surface area contributed by atoms with Crippen molar-refractivity contribution < 1.29 is 19.4 Å². The molecule has 84 valence electrons. The summed E-state index contributed by atoms with van der Waals surface area (Å²) < 4.78 is 9.26. The van der Waals surface area contributed by atoms with Crippen molar-refractivity contribution in [1.82, 2.24) is 0 Å². The Morgan fingerprint density at radius 2 is 1.87 bits per heavy atom. The van der Waals surface area contributed by atoms with Crippen LogP contribution in [0.4, 0.5) is 0 Å². The lowest BCUT2D eigenvalue weighted by molar-refractivity contribution is -0.140. The zero-order valence-corrected chi connectivity index (χ0v) is 9.19. The highest BCUT2D eigenvalue weighted by Gasteiger charge is 1.87. The predicted octanol–water partition coefficient (Wildman–Crippen LogP) is 1.97. The Bertz CT molecular complexity index is 279. The van der Waals surface area contributed by atoms with Crippen LogP contribution in [-0.4, -0.2) is 24.8 Å². The van der Waals surface area contributed by atoms with Crippen molar-refractivity contribution in [2.45, 2.75) is 13.8 Å². The van der Waals surface area contributed by atoms with Gasteiger partial charge >= 0.3 is 5.97 Å². The van der Waals surface area contributed by atoms with E-state index in [1.807, 2.05) is 0 Å². The van der Waals surface area contributed by atoms with Gasteiger partial charge in [0.05, 0.1) is 13.7 Å². The molecule has 4 nitrogen and oxygen atoms in total. The van der Waals surface area contributed by atoms with E-state index in [0.717, 1.165) is 5.75 Å². The van der Waals surface area contributed by atoms with Gasteiger partial charge in [0.2, 0.25) is 0 Å². The standard InChI is InChI=1S/C7H8O2.C4H8O2/c1-9-7-4-2-6(8)3-5-7;1-3-6-4(2)5/h2-5,8H,1H3;3H2,1-2H3. The fourth-order valence-electron chi connectivity index (χ4n) is 0.785. The average Bonchev–Trinajstić information content (AvgIpc) is 2.20. The van der Waals surface area contributed by atoms with Crippen LogP contribution in [0.5, 0.6) is 11.5 Å². The maximum Gasteiger partial charge on any atom is 0.302 e. The second-order valence-electron chi connectivity index (χ2n) is 2.62. The third-order valence-corrected chi connectivity index (χ3v) is 1.42. The third kappa shape index (κ3) is 7.37. The molecular weight excluding hydrogens is 196 g/mol. The summed E-state index contributed by atoms with van der Waals surface area (Å²) in [4.78, 5) is 9.82. The topological polar surface area (TPSA) is 55.8 Å². The first-order valence-corrected chi connectivity index (χ1v) is 4.56. The van der Waals surface area contributed by atoms with E-state index in [4.69, 9.17) is 9.84 Å². The number of benzene rings is 1. The smallest absolute Gasteiger partial charge is 0.302 e. The van der Waals surface area contributed by atoms with Gasteiger partial charge in [-0.1, -0.05) is 0 Å². The number of hydrogen-bond acceptors (Lipinski definition) is 4. The molecule has 0 spiro atoms. The van der Waals surface area contributed by atoms with Crippen molar-refractivity contribution >= 4 is 5.97 Å². The van der Waals surface area contributed by atoms with Crippen LogP contribution in [0.1, 0.15) is 13.8 Å². The van der Waals surface area contributed by atoms with E-state index >= 15 is 0 Å². The fourth-order valence-corrected chi connectivity index (χ4v) is 0.785. The molecule has 0 aliphatic heterocycles. The lowest BCUT2D eigenvalue weighted by atomic mass is 10.3. The number of ether oxygens (including phenoxy) is 2. The minimum absolute atomic E-state index is 0.211. The summed E-state index contributed by atoms with van der Waals surface area (Å²) in [6.45, 7) is 3.65. The molecule has 4 heteroatoms. The summed E-state index contributed by atoms with van der Waals surface area (Å²) in [5, 5.41) is 8.80. The number of esters is 1. The van der Waals surface area contributed by atoms with Crippen LogP contribution in [0.25, 0.3) is 0 Å². The first-order chi connectivity index (χ1) is 7.10. The minimum atomic E-state index is -0.211. The van der Waals surface area contributed by atoms with Crippen LogP contribution in [0.2, 0.25) is 0 Å². The zero-order chi connectivity index (χ0) is 11.7. The molecule has 0 aromatic heterocycles. The maximum absolute atomic E-state index is 9.82. The quantitative estimate of drug-likeness (QED) is 0.761. The highest BCUT2D eigenvalue weighted by atomic mass is 16.5. The van der Waals surface area contributed by atoms with E-state index in [1.165, 1.54) is 6.92 Å². The van der Waals surface area contributed by atoms with Crippen LogP contribution >= 0.6 is 0 Å². The third-order valence-electron chi connectivity index (χ3n) is 1.42. The zero-order valence-electron chi connectivity index (χ0n) is 9.19. The van der Waals surface area contributed by atoms with E-state index < -0.39 is 0 Å². The van der Waals surface area contributed by atoms with Crippen molar-refractivity contribution in [1.29, 1.82) is 0 Å². The van der Waals surface area contributed by atoms with E-state index in [2.05, 4.69) is 4.74 Å². The van der Waals surface area contributed by atoms with Crippen LogP contribution in [0.15, 0.2) is 24.3 Å². The number of rotatable bonds is 2. The molecule has 0 fully saturated rings. The molecule has 0 heterocycles. The van der Waals surface area contributed by atoms with Gasteiger partial charge in [-0.15, -0.1) is 0 Å². The Morgan fingerprint density at radius 1 is 1.33 bits per heavy atom. The molecule has 1 aromatic rings. The summed E-state index contributed by atoms with van der Waals surface area (Å²) in [6.07, 6.45) is 0. The number of phenols is 1. The molecule has 0 saturated carbocycles. The fraction of sp³-hybridized carbons (Fsp3) is 0.364. The van der Waals surface area contributed by atoms with Gasteiger partial charge < -0.3 is 14.6 Å². The van der Waals surface area contributed by atoms with E-state index in [0.29, 0.717) is 6.61 Å². The van der Waals surface area contributed by atoms with E-state index in [1.54, 1.807) is 38.3 Å². The monoisotopic (exact) mass is 212 g/mol. The van der Waals surface area contributed by atoms with Gasteiger partial charge in [-0.3, -0.25) is 4.79 Å². The van der Waals surface area contributed by atoms with Gasteiger partial charge in [-0.05, 0) is 31.2 Å². The summed E-state index contributed by atoms with van der Waals surface area (Å²) >= 11 is 0. The number of carbonyl (C=O) groups excluding carboxylic acids is 1. The molecule has 1 rings (SSSR count). The Kier molecular flexibility index (Phi) is 6.80. The molecule has 1 N–H and O–H groups in total. The van der Waals surface area contributed by atoms with Crippen LogP contribution in [0.3, 0.4) is 0 Å². The second kappa shape index (κ2) is 7.67. The highest BCUT2D eigenvalue weighted by molar-refractivity contribution is 5.65. The first-order valence-electron chi connectivity index (χ1n) is 4.56. The van der Waals surface area contributed by atoms with Gasteiger partial charge in [-0.25, -0.2) is 0 Å². The number of methoxy groups -OCH3 is 1. The molecule has 0 saturated heterocycles. The van der Waals surface area contributed by atoms with E-state index in [9.17, 15) is 4.79 Å². The van der Waals surface area contributed by atoms with Gasteiger partial charge in [0, 0.05) is 6.92 Å². The predicted molar refractivity (Wildman–Crippen MR) is 57.0 cm³/mol. The summed E-state index contributed by atoms with van der Waals surface area (Å²) in [7, 11) is 1.59. The first kappa shape index (κ1) is 13.3. The van der Waals surface area contributed by atoms with Crippen molar-refractivity contribution in [2.24, 2.45) is 0 Å². The van der Waals surface area contributed by atoms with Crippen molar-refractivity contribution in [3.8, 4) is 11.5 Å². The molecule has 1 aromatic carbocycles. The minimum Gasteiger partial charge on any atom is -0.508 e. The van der Waals surface area contributed by atoms with Crippen molar-refractivity contribution in [3.63, 3.8) is 0 Å². The molecule has 0 amide bonds. The molecular formula is C11H16O4. The summed E-state index contributed by atoms with van der Waals surface area (Å²) in [5.41, 5.74) is 0. The number of carbonyl (C=O) groups is 1. The molecule has 0 radical (unpaired) electrons. The van der Waals surface area contributed by atoms with Gasteiger partial charge in [-0.2, -0.15) is 0 Å². The number of phenolic OH excluding ortho intramolecular Hbond substituents is 1. The molecule has 0 atom stereocenters. The molecule has 0 aliphatic carbocycles. The number of hydrogen-bond donors (Lipinski definition) is 1. The van der Waals surface area contributed by atoms with Crippen molar-refractivity contribution in [3.05, 3.63) is 24.3 Å². The van der Waals surface area contributed by atoms with Crippen LogP contribution in [-0.2, 0) is 9.53 Å².